The van der Waals surface area contributed by atoms with Crippen LogP contribution in [0.2, 0.25) is 0 Å². The molecule has 1 heterocycles. The molecule has 0 saturated carbocycles. The van der Waals surface area contributed by atoms with Gasteiger partial charge in [0.15, 0.2) is 0 Å². The van der Waals surface area contributed by atoms with E-state index in [-0.39, 0.29) is 12.0 Å². The van der Waals surface area contributed by atoms with E-state index in [0.29, 0.717) is 12.3 Å². The van der Waals surface area contributed by atoms with Gasteiger partial charge >= 0.3 is 0 Å². The van der Waals surface area contributed by atoms with E-state index in [0.717, 1.165) is 28.8 Å². The number of hydrogen-bond donors (Lipinski definition) is 1. The van der Waals surface area contributed by atoms with Gasteiger partial charge in [0.1, 0.15) is 0 Å². The fourth-order valence-electron chi connectivity index (χ4n) is 1.97. The summed E-state index contributed by atoms with van der Waals surface area (Å²) in [6, 6.07) is 7.92. The van der Waals surface area contributed by atoms with Crippen molar-refractivity contribution in [2.75, 3.05) is 18.8 Å². The average molecular weight is 330 g/mol. The highest BCUT2D eigenvalue weighted by Crippen LogP contribution is 2.22. The number of carbonyl (C=O) groups is 1. The highest BCUT2D eigenvalue weighted by Gasteiger charge is 2.21. The number of amides is 1. The van der Waals surface area contributed by atoms with E-state index in [2.05, 4.69) is 15.9 Å². The fraction of sp³-hybridized carbons (Fsp3) is 0.462. The third kappa shape index (κ3) is 4.00. The molecule has 98 valence electrons. The van der Waals surface area contributed by atoms with Crippen molar-refractivity contribution in [1.29, 1.82) is 0 Å². The largest absolute Gasteiger partial charge is 0.391 e. The highest BCUT2D eigenvalue weighted by molar-refractivity contribution is 9.10. The van der Waals surface area contributed by atoms with Crippen molar-refractivity contribution in [1.82, 2.24) is 4.90 Å². The number of aliphatic hydroxyl groups is 1. The van der Waals surface area contributed by atoms with Crippen LogP contribution in [0.3, 0.4) is 0 Å². The van der Waals surface area contributed by atoms with Gasteiger partial charge in [0.25, 0.3) is 0 Å². The lowest BCUT2D eigenvalue weighted by Crippen LogP contribution is -2.42. The Morgan fingerprint density at radius 1 is 1.56 bits per heavy atom. The molecule has 1 amide bonds. The van der Waals surface area contributed by atoms with Crippen molar-refractivity contribution >= 4 is 33.6 Å². The molecule has 5 heteroatoms. The van der Waals surface area contributed by atoms with Gasteiger partial charge in [-0.25, -0.2) is 0 Å². The molecule has 1 aliphatic rings. The zero-order valence-corrected chi connectivity index (χ0v) is 12.4. The Balaban J connectivity index is 1.84. The molecule has 1 atom stereocenters. The minimum Gasteiger partial charge on any atom is -0.391 e. The number of aliphatic hydroxyl groups excluding tert-OH is 1. The number of piperidine rings is 1. The first kappa shape index (κ1) is 13.9. The quantitative estimate of drug-likeness (QED) is 0.866. The van der Waals surface area contributed by atoms with Gasteiger partial charge in [-0.15, -0.1) is 11.8 Å². The third-order valence-electron chi connectivity index (χ3n) is 2.91. The molecule has 1 N–H and O–H groups in total. The summed E-state index contributed by atoms with van der Waals surface area (Å²) in [6.45, 7) is 1.26. The summed E-state index contributed by atoms with van der Waals surface area (Å²) in [5, 5.41) is 9.54. The van der Waals surface area contributed by atoms with E-state index < -0.39 is 0 Å². The summed E-state index contributed by atoms with van der Waals surface area (Å²) in [4.78, 5) is 14.8. The second kappa shape index (κ2) is 6.59. The van der Waals surface area contributed by atoms with Gasteiger partial charge < -0.3 is 10.0 Å². The van der Waals surface area contributed by atoms with Crippen molar-refractivity contribution in [3.63, 3.8) is 0 Å². The third-order valence-corrected chi connectivity index (χ3v) is 4.38. The molecule has 0 bridgehead atoms. The lowest BCUT2D eigenvalue weighted by atomic mass is 10.1. The first-order chi connectivity index (χ1) is 8.65. The van der Waals surface area contributed by atoms with E-state index in [4.69, 9.17) is 0 Å². The standard InChI is InChI=1S/C13H16BrNO2S/c14-10-3-1-5-12(7-10)18-9-13(17)15-6-2-4-11(16)8-15/h1,3,5,7,11,16H,2,4,6,8-9H2. The maximum atomic E-state index is 12.0. The molecule has 1 aliphatic heterocycles. The van der Waals surface area contributed by atoms with Crippen LogP contribution in [0.15, 0.2) is 33.6 Å². The average Bonchev–Trinajstić information content (AvgIpc) is 2.36. The van der Waals surface area contributed by atoms with Crippen LogP contribution in [0.1, 0.15) is 12.8 Å². The molecule has 1 fully saturated rings. The lowest BCUT2D eigenvalue weighted by Gasteiger charge is -2.30. The Morgan fingerprint density at radius 2 is 2.39 bits per heavy atom. The maximum Gasteiger partial charge on any atom is 0.233 e. The Labute approximate surface area is 120 Å². The van der Waals surface area contributed by atoms with E-state index in [1.165, 1.54) is 11.8 Å². The van der Waals surface area contributed by atoms with Crippen LogP contribution in [0, 0.1) is 0 Å². The number of carbonyl (C=O) groups excluding carboxylic acids is 1. The molecule has 1 saturated heterocycles. The molecule has 3 nitrogen and oxygen atoms in total. The first-order valence-corrected chi connectivity index (χ1v) is 7.77. The summed E-state index contributed by atoms with van der Waals surface area (Å²) < 4.78 is 1.02. The minimum absolute atomic E-state index is 0.110. The van der Waals surface area contributed by atoms with E-state index in [1.54, 1.807) is 4.90 Å². The van der Waals surface area contributed by atoms with Crippen molar-refractivity contribution in [2.45, 2.75) is 23.8 Å². The van der Waals surface area contributed by atoms with Crippen LogP contribution >= 0.6 is 27.7 Å². The predicted octanol–water partition coefficient (Wildman–Crippen LogP) is 2.52. The number of rotatable bonds is 3. The van der Waals surface area contributed by atoms with E-state index >= 15 is 0 Å². The van der Waals surface area contributed by atoms with Crippen molar-refractivity contribution < 1.29 is 9.90 Å². The summed E-state index contributed by atoms with van der Waals surface area (Å²) in [5.74, 6) is 0.544. The molecule has 0 aliphatic carbocycles. The molecular formula is C13H16BrNO2S. The van der Waals surface area contributed by atoms with Crippen LogP contribution < -0.4 is 0 Å². The number of thioether (sulfide) groups is 1. The molecule has 0 spiro atoms. The number of nitrogens with zero attached hydrogens (tertiary/aromatic N) is 1. The monoisotopic (exact) mass is 329 g/mol. The van der Waals surface area contributed by atoms with Crippen LogP contribution in [-0.2, 0) is 4.79 Å². The number of halogens is 1. The van der Waals surface area contributed by atoms with Crippen molar-refractivity contribution in [3.8, 4) is 0 Å². The molecule has 1 aromatic rings. The van der Waals surface area contributed by atoms with Crippen LogP contribution in [0.5, 0.6) is 0 Å². The number of likely N-dealkylation sites (tertiary alicyclic amines) is 1. The van der Waals surface area contributed by atoms with Gasteiger partial charge in [0, 0.05) is 22.5 Å². The molecule has 2 rings (SSSR count). The van der Waals surface area contributed by atoms with Gasteiger partial charge in [0.05, 0.1) is 11.9 Å². The topological polar surface area (TPSA) is 40.5 Å². The van der Waals surface area contributed by atoms with Gasteiger partial charge in [-0.05, 0) is 31.0 Å². The lowest BCUT2D eigenvalue weighted by molar-refractivity contribution is -0.131. The molecular weight excluding hydrogens is 314 g/mol. The van der Waals surface area contributed by atoms with Crippen molar-refractivity contribution in [3.05, 3.63) is 28.7 Å². The normalized spacial score (nSPS) is 19.9. The zero-order valence-electron chi connectivity index (χ0n) is 10.0. The van der Waals surface area contributed by atoms with Gasteiger partial charge in [-0.3, -0.25) is 4.79 Å². The SMILES string of the molecule is O=C(CSc1cccc(Br)c1)N1CCCC(O)C1. The molecule has 1 aromatic carbocycles. The van der Waals surface area contributed by atoms with Crippen LogP contribution in [0.25, 0.3) is 0 Å². The Bertz CT molecular complexity index is 427. The number of benzene rings is 1. The van der Waals surface area contributed by atoms with Crippen LogP contribution in [0.4, 0.5) is 0 Å². The predicted molar refractivity (Wildman–Crippen MR) is 76.7 cm³/mol. The van der Waals surface area contributed by atoms with Crippen LogP contribution in [-0.4, -0.2) is 40.9 Å². The molecule has 1 unspecified atom stereocenters. The Kier molecular flexibility index (Phi) is 5.09. The zero-order chi connectivity index (χ0) is 13.0. The summed E-state index contributed by atoms with van der Waals surface area (Å²) in [5.41, 5.74) is 0. The van der Waals surface area contributed by atoms with Gasteiger partial charge in [-0.2, -0.15) is 0 Å². The van der Waals surface area contributed by atoms with E-state index in [1.807, 2.05) is 24.3 Å². The molecule has 0 aromatic heterocycles. The summed E-state index contributed by atoms with van der Waals surface area (Å²) in [6.07, 6.45) is 1.36. The van der Waals surface area contributed by atoms with Crippen molar-refractivity contribution in [2.24, 2.45) is 0 Å². The number of β-amino-alcohol motifs (C(OH)–C–C–N with tert-alkyl or cyclic N) is 1. The molecule has 0 radical (unpaired) electrons. The Morgan fingerprint density at radius 3 is 3.11 bits per heavy atom. The fourth-order valence-corrected chi connectivity index (χ4v) is 3.38. The smallest absolute Gasteiger partial charge is 0.233 e. The summed E-state index contributed by atoms with van der Waals surface area (Å²) in [7, 11) is 0. The second-order valence-electron chi connectivity index (χ2n) is 4.38. The molecule has 18 heavy (non-hydrogen) atoms. The van der Waals surface area contributed by atoms with Gasteiger partial charge in [-0.1, -0.05) is 22.0 Å². The summed E-state index contributed by atoms with van der Waals surface area (Å²) >= 11 is 4.95. The second-order valence-corrected chi connectivity index (χ2v) is 6.35. The van der Waals surface area contributed by atoms with E-state index in [9.17, 15) is 9.90 Å². The Hall–Kier alpha value is -0.520. The minimum atomic E-state index is -0.349. The maximum absolute atomic E-state index is 12.0. The highest BCUT2D eigenvalue weighted by atomic mass is 79.9. The number of hydrogen-bond acceptors (Lipinski definition) is 3. The van der Waals surface area contributed by atoms with Gasteiger partial charge in [0.2, 0.25) is 5.91 Å². The first-order valence-electron chi connectivity index (χ1n) is 5.99.